The third kappa shape index (κ3) is 4.82. The summed E-state index contributed by atoms with van der Waals surface area (Å²) >= 11 is 0. The molecular weight excluding hydrogens is 492 g/mol. The molecule has 11 heteroatoms. The van der Waals surface area contributed by atoms with Crippen molar-refractivity contribution in [2.45, 2.75) is 66.2 Å². The predicted octanol–water partition coefficient (Wildman–Crippen LogP) is 2.98. The molecule has 1 aliphatic rings. The number of ether oxygens (including phenoxy) is 1. The van der Waals surface area contributed by atoms with Crippen LogP contribution in [-0.2, 0) is 26.0 Å². The van der Waals surface area contributed by atoms with Crippen molar-refractivity contribution in [3.63, 3.8) is 0 Å². The van der Waals surface area contributed by atoms with Crippen molar-refractivity contribution in [3.05, 3.63) is 45.4 Å². The minimum atomic E-state index is -3.67. The molecule has 0 amide bonds. The molecule has 0 atom stereocenters. The smallest absolute Gasteiger partial charge is 0.306 e. The van der Waals surface area contributed by atoms with Crippen LogP contribution < -0.4 is 4.90 Å². The Morgan fingerprint density at radius 2 is 1.54 bits per heavy atom. The summed E-state index contributed by atoms with van der Waals surface area (Å²) in [5.74, 6) is 1.01. The van der Waals surface area contributed by atoms with E-state index in [9.17, 15) is 13.2 Å². The molecule has 3 heterocycles. The first-order chi connectivity index (χ1) is 17.5. The van der Waals surface area contributed by atoms with Gasteiger partial charge in [-0.25, -0.2) is 13.4 Å². The fourth-order valence-electron chi connectivity index (χ4n) is 5.17. The van der Waals surface area contributed by atoms with Crippen LogP contribution >= 0.6 is 0 Å². The van der Waals surface area contributed by atoms with Crippen LogP contribution in [0.15, 0.2) is 11.2 Å². The lowest BCUT2D eigenvalue weighted by molar-refractivity contribution is -0.143. The molecule has 1 aromatic carbocycles. The lowest BCUT2D eigenvalue weighted by atomic mass is 9.95. The standard InChI is InChI=1S/C26H36N6O4S/c1-8-36-23(33)10-9-22-21(7)29-26-27-15-28-32(26)25(22)30-11-13-31(14-12-30)37(34,35)24-19(5)17(3)16(2)18(4)20(24)6/h15H,8-14H2,1-7H3. The predicted molar refractivity (Wildman–Crippen MR) is 142 cm³/mol. The maximum Gasteiger partial charge on any atom is 0.306 e. The Balaban J connectivity index is 1.64. The first-order valence-electron chi connectivity index (χ1n) is 12.7. The Labute approximate surface area is 218 Å². The zero-order valence-electron chi connectivity index (χ0n) is 22.8. The van der Waals surface area contributed by atoms with Crippen LogP contribution in [0.5, 0.6) is 0 Å². The number of nitrogens with zero attached hydrogens (tertiary/aromatic N) is 6. The van der Waals surface area contributed by atoms with Crippen LogP contribution in [0.3, 0.4) is 0 Å². The number of piperazine rings is 1. The fourth-order valence-corrected chi connectivity index (χ4v) is 7.15. The number of carbonyl (C=O) groups is 1. The zero-order valence-corrected chi connectivity index (χ0v) is 23.6. The quantitative estimate of drug-likeness (QED) is 0.431. The Morgan fingerprint density at radius 3 is 2.14 bits per heavy atom. The van der Waals surface area contributed by atoms with Gasteiger partial charge in [0.05, 0.1) is 11.5 Å². The minimum Gasteiger partial charge on any atom is -0.466 e. The molecule has 0 aliphatic carbocycles. The van der Waals surface area contributed by atoms with Gasteiger partial charge in [-0.05, 0) is 82.7 Å². The van der Waals surface area contributed by atoms with Crippen molar-refractivity contribution >= 4 is 27.6 Å². The first kappa shape index (κ1) is 27.0. The number of fused-ring (bicyclic) bond motifs is 1. The van der Waals surface area contributed by atoms with E-state index in [-0.39, 0.29) is 12.4 Å². The van der Waals surface area contributed by atoms with E-state index in [4.69, 9.17) is 4.74 Å². The summed E-state index contributed by atoms with van der Waals surface area (Å²) in [5.41, 5.74) is 6.47. The van der Waals surface area contributed by atoms with Gasteiger partial charge in [0.25, 0.3) is 5.78 Å². The molecule has 200 valence electrons. The molecule has 1 fully saturated rings. The Morgan fingerprint density at radius 1 is 0.946 bits per heavy atom. The summed E-state index contributed by atoms with van der Waals surface area (Å²) < 4.78 is 36.1. The number of esters is 1. The maximum atomic E-state index is 13.8. The number of sulfonamides is 1. The van der Waals surface area contributed by atoms with E-state index in [2.05, 4.69) is 20.0 Å². The van der Waals surface area contributed by atoms with Gasteiger partial charge in [0.1, 0.15) is 12.1 Å². The van der Waals surface area contributed by atoms with Gasteiger partial charge < -0.3 is 9.64 Å². The molecule has 0 spiro atoms. The number of hydrogen-bond donors (Lipinski definition) is 0. The Hall–Kier alpha value is -3.05. The van der Waals surface area contributed by atoms with Crippen molar-refractivity contribution in [1.82, 2.24) is 23.9 Å². The van der Waals surface area contributed by atoms with E-state index < -0.39 is 10.0 Å². The van der Waals surface area contributed by atoms with Gasteiger partial charge in [0, 0.05) is 43.9 Å². The molecule has 1 saturated heterocycles. The SMILES string of the molecule is CCOC(=O)CCc1c(C)nc2ncnn2c1N1CCN(S(=O)(=O)c2c(C)c(C)c(C)c(C)c2C)CC1. The number of carbonyl (C=O) groups excluding carboxylic acids is 1. The Kier molecular flexibility index (Phi) is 7.57. The Bertz CT molecular complexity index is 1430. The zero-order chi connectivity index (χ0) is 27.1. The summed E-state index contributed by atoms with van der Waals surface area (Å²) in [6, 6.07) is 0. The van der Waals surface area contributed by atoms with Gasteiger partial charge in [0.2, 0.25) is 10.0 Å². The van der Waals surface area contributed by atoms with Crippen LogP contribution in [0.25, 0.3) is 5.78 Å². The third-order valence-corrected chi connectivity index (χ3v) is 9.83. The highest BCUT2D eigenvalue weighted by atomic mass is 32.2. The van der Waals surface area contributed by atoms with E-state index in [1.54, 1.807) is 15.7 Å². The second-order valence-corrected chi connectivity index (χ2v) is 11.5. The second-order valence-electron chi connectivity index (χ2n) is 9.62. The molecule has 2 aromatic heterocycles. The van der Waals surface area contributed by atoms with Crippen LogP contribution in [0.1, 0.15) is 52.4 Å². The van der Waals surface area contributed by atoms with Gasteiger partial charge in [-0.2, -0.15) is 18.9 Å². The summed E-state index contributed by atoms with van der Waals surface area (Å²) in [7, 11) is -3.67. The van der Waals surface area contributed by atoms with E-state index in [0.29, 0.717) is 49.9 Å². The average molecular weight is 529 g/mol. The highest BCUT2D eigenvalue weighted by molar-refractivity contribution is 7.89. The van der Waals surface area contributed by atoms with Gasteiger partial charge in [-0.15, -0.1) is 0 Å². The second kappa shape index (κ2) is 10.4. The van der Waals surface area contributed by atoms with E-state index in [1.807, 2.05) is 41.5 Å². The first-order valence-corrected chi connectivity index (χ1v) is 14.1. The highest BCUT2D eigenvalue weighted by Crippen LogP contribution is 2.33. The van der Waals surface area contributed by atoms with Gasteiger partial charge in [0.15, 0.2) is 0 Å². The molecule has 0 bridgehead atoms. The summed E-state index contributed by atoms with van der Waals surface area (Å²) in [6.45, 7) is 15.5. The lowest BCUT2D eigenvalue weighted by Crippen LogP contribution is -2.49. The van der Waals surface area contributed by atoms with E-state index in [0.717, 1.165) is 44.9 Å². The minimum absolute atomic E-state index is 0.225. The molecular formula is C26H36N6O4S. The average Bonchev–Trinajstić information content (AvgIpc) is 3.33. The summed E-state index contributed by atoms with van der Waals surface area (Å²) in [6.07, 6.45) is 2.12. The van der Waals surface area contributed by atoms with Gasteiger partial charge >= 0.3 is 5.97 Å². The van der Waals surface area contributed by atoms with Crippen molar-refractivity contribution < 1.29 is 17.9 Å². The molecule has 0 unspecified atom stereocenters. The van der Waals surface area contributed by atoms with E-state index in [1.165, 1.54) is 6.33 Å². The van der Waals surface area contributed by atoms with Gasteiger partial charge in [-0.1, -0.05) is 0 Å². The van der Waals surface area contributed by atoms with Crippen molar-refractivity contribution in [2.75, 3.05) is 37.7 Å². The number of benzene rings is 1. The molecule has 4 rings (SSSR count). The molecule has 3 aromatic rings. The number of aryl methyl sites for hydroxylation is 1. The lowest BCUT2D eigenvalue weighted by Gasteiger charge is -2.37. The highest BCUT2D eigenvalue weighted by Gasteiger charge is 2.34. The summed E-state index contributed by atoms with van der Waals surface area (Å²) in [4.78, 5) is 23.4. The van der Waals surface area contributed by atoms with Crippen molar-refractivity contribution in [2.24, 2.45) is 0 Å². The third-order valence-electron chi connectivity index (χ3n) is 7.66. The normalized spacial score (nSPS) is 14.9. The summed E-state index contributed by atoms with van der Waals surface area (Å²) in [5, 5.41) is 4.38. The fraction of sp³-hybridized carbons (Fsp3) is 0.538. The number of aromatic nitrogens is 4. The maximum absolute atomic E-state index is 13.8. The number of rotatable bonds is 7. The number of anilines is 1. The molecule has 0 radical (unpaired) electrons. The van der Waals surface area contributed by atoms with Crippen LogP contribution in [-0.4, -0.2) is 71.1 Å². The number of hydrogen-bond acceptors (Lipinski definition) is 8. The molecule has 0 N–H and O–H groups in total. The molecule has 37 heavy (non-hydrogen) atoms. The molecule has 1 aliphatic heterocycles. The van der Waals surface area contributed by atoms with Crippen LogP contribution in [0, 0.1) is 41.5 Å². The van der Waals surface area contributed by atoms with Gasteiger partial charge in [-0.3, -0.25) is 4.79 Å². The monoisotopic (exact) mass is 528 g/mol. The van der Waals surface area contributed by atoms with Crippen LogP contribution in [0.2, 0.25) is 0 Å². The topological polar surface area (TPSA) is 110 Å². The van der Waals surface area contributed by atoms with Crippen molar-refractivity contribution in [3.8, 4) is 0 Å². The van der Waals surface area contributed by atoms with E-state index >= 15 is 0 Å². The molecule has 0 saturated carbocycles. The van der Waals surface area contributed by atoms with Crippen molar-refractivity contribution in [1.29, 1.82) is 0 Å². The largest absolute Gasteiger partial charge is 0.466 e. The molecule has 10 nitrogen and oxygen atoms in total. The van der Waals surface area contributed by atoms with Crippen LogP contribution in [0.4, 0.5) is 5.82 Å².